The number of hydrogen-bond donors (Lipinski definition) is 1. The summed E-state index contributed by atoms with van der Waals surface area (Å²) in [6, 6.07) is 5.79. The van der Waals surface area contributed by atoms with Gasteiger partial charge < -0.3 is 9.84 Å². The molecule has 21 heavy (non-hydrogen) atoms. The fourth-order valence-electron chi connectivity index (χ4n) is 1.86. The second-order valence-electron chi connectivity index (χ2n) is 4.38. The molecule has 0 aliphatic heterocycles. The van der Waals surface area contributed by atoms with E-state index in [9.17, 15) is 10.1 Å². The molecule has 0 aliphatic carbocycles. The molecule has 1 atom stereocenters. The second-order valence-corrected chi connectivity index (χ2v) is 4.38. The number of non-ortho nitro benzene ring substituents is 1. The molecule has 2 rings (SSSR count). The Morgan fingerprint density at radius 2 is 2.33 bits per heavy atom. The molecular weight excluding hydrogens is 274 g/mol. The summed E-state index contributed by atoms with van der Waals surface area (Å²) in [4.78, 5) is 14.3. The SMILES string of the molecule is CCC(Nc1ccc([N+](=O)[O-])cc1C#N)c1noc(C)n1. The minimum atomic E-state index is -0.537. The molecule has 1 heterocycles. The molecule has 1 unspecified atom stereocenters. The van der Waals surface area contributed by atoms with Crippen molar-refractivity contribution >= 4 is 11.4 Å². The van der Waals surface area contributed by atoms with Crippen molar-refractivity contribution in [3.63, 3.8) is 0 Å². The summed E-state index contributed by atoms with van der Waals surface area (Å²) in [5.74, 6) is 0.937. The Kier molecular flexibility index (Phi) is 4.13. The van der Waals surface area contributed by atoms with Gasteiger partial charge in [-0.2, -0.15) is 10.2 Å². The summed E-state index contributed by atoms with van der Waals surface area (Å²) in [5, 5.41) is 26.8. The van der Waals surface area contributed by atoms with Crippen LogP contribution in [-0.4, -0.2) is 15.1 Å². The highest BCUT2D eigenvalue weighted by atomic mass is 16.6. The van der Waals surface area contributed by atoms with E-state index in [2.05, 4.69) is 15.5 Å². The summed E-state index contributed by atoms with van der Waals surface area (Å²) in [6.07, 6.45) is 0.667. The number of rotatable bonds is 5. The van der Waals surface area contributed by atoms with Gasteiger partial charge in [-0.25, -0.2) is 0 Å². The minimum absolute atomic E-state index is 0.124. The highest BCUT2D eigenvalue weighted by Crippen LogP contribution is 2.26. The second kappa shape index (κ2) is 6.00. The standard InChI is InChI=1S/C13H13N5O3/c1-3-11(13-15-8(2)21-17-13)16-12-5-4-10(18(19)20)6-9(12)7-14/h4-6,11,16H,3H2,1-2H3. The van der Waals surface area contributed by atoms with Crippen molar-refractivity contribution in [2.45, 2.75) is 26.3 Å². The molecule has 1 aromatic carbocycles. The average molecular weight is 287 g/mol. The number of benzene rings is 1. The number of aromatic nitrogens is 2. The van der Waals surface area contributed by atoms with Gasteiger partial charge in [0, 0.05) is 19.1 Å². The lowest BCUT2D eigenvalue weighted by Crippen LogP contribution is -2.12. The number of aryl methyl sites for hydroxylation is 1. The Hall–Kier alpha value is -2.95. The van der Waals surface area contributed by atoms with Crippen molar-refractivity contribution in [2.24, 2.45) is 0 Å². The smallest absolute Gasteiger partial charge is 0.270 e. The third-order valence-electron chi connectivity index (χ3n) is 2.93. The zero-order valence-corrected chi connectivity index (χ0v) is 11.5. The zero-order chi connectivity index (χ0) is 15.4. The lowest BCUT2D eigenvalue weighted by Gasteiger charge is -2.15. The molecular formula is C13H13N5O3. The van der Waals surface area contributed by atoms with Crippen molar-refractivity contribution in [3.8, 4) is 6.07 Å². The highest BCUT2D eigenvalue weighted by Gasteiger charge is 2.18. The quantitative estimate of drug-likeness (QED) is 0.663. The van der Waals surface area contributed by atoms with E-state index in [1.807, 2.05) is 13.0 Å². The van der Waals surface area contributed by atoms with Crippen LogP contribution in [0.5, 0.6) is 0 Å². The molecule has 0 saturated carbocycles. The maximum Gasteiger partial charge on any atom is 0.270 e. The van der Waals surface area contributed by atoms with Crippen LogP contribution in [0.3, 0.4) is 0 Å². The van der Waals surface area contributed by atoms with Crippen LogP contribution in [0.2, 0.25) is 0 Å². The number of nitrogens with zero attached hydrogens (tertiary/aromatic N) is 4. The van der Waals surface area contributed by atoms with Crippen molar-refractivity contribution in [1.82, 2.24) is 10.1 Å². The predicted molar refractivity (Wildman–Crippen MR) is 73.5 cm³/mol. The molecule has 0 aliphatic rings. The summed E-state index contributed by atoms with van der Waals surface area (Å²) < 4.78 is 4.94. The van der Waals surface area contributed by atoms with Crippen LogP contribution in [0.1, 0.15) is 36.7 Å². The monoisotopic (exact) mass is 287 g/mol. The van der Waals surface area contributed by atoms with E-state index in [0.29, 0.717) is 23.8 Å². The molecule has 1 aromatic heterocycles. The van der Waals surface area contributed by atoms with Gasteiger partial charge in [0.25, 0.3) is 5.69 Å². The van der Waals surface area contributed by atoms with Gasteiger partial charge in [0.2, 0.25) is 5.89 Å². The lowest BCUT2D eigenvalue weighted by atomic mass is 10.1. The van der Waals surface area contributed by atoms with E-state index in [1.165, 1.54) is 18.2 Å². The van der Waals surface area contributed by atoms with Gasteiger partial charge in [-0.05, 0) is 12.5 Å². The van der Waals surface area contributed by atoms with Gasteiger partial charge in [-0.15, -0.1) is 0 Å². The average Bonchev–Trinajstić information content (AvgIpc) is 2.90. The van der Waals surface area contributed by atoms with Crippen molar-refractivity contribution < 1.29 is 9.45 Å². The number of anilines is 1. The van der Waals surface area contributed by atoms with Gasteiger partial charge in [0.15, 0.2) is 5.82 Å². The topological polar surface area (TPSA) is 118 Å². The number of nitriles is 1. The highest BCUT2D eigenvalue weighted by molar-refractivity contribution is 5.61. The molecule has 0 saturated heterocycles. The molecule has 0 fully saturated rings. The molecule has 108 valence electrons. The number of nitro benzene ring substituents is 1. The molecule has 0 bridgehead atoms. The Labute approximate surface area is 120 Å². The fourth-order valence-corrected chi connectivity index (χ4v) is 1.86. The molecule has 8 nitrogen and oxygen atoms in total. The molecule has 2 aromatic rings. The van der Waals surface area contributed by atoms with E-state index in [1.54, 1.807) is 6.92 Å². The molecule has 0 spiro atoms. The van der Waals surface area contributed by atoms with Gasteiger partial charge in [-0.1, -0.05) is 12.1 Å². The van der Waals surface area contributed by atoms with Crippen LogP contribution in [0.25, 0.3) is 0 Å². The summed E-state index contributed by atoms with van der Waals surface area (Å²) in [7, 11) is 0. The lowest BCUT2D eigenvalue weighted by molar-refractivity contribution is -0.384. The predicted octanol–water partition coefficient (Wildman–Crippen LogP) is 2.72. The summed E-state index contributed by atoms with van der Waals surface area (Å²) in [6.45, 7) is 3.62. The van der Waals surface area contributed by atoms with Crippen LogP contribution < -0.4 is 5.32 Å². The number of hydrogen-bond acceptors (Lipinski definition) is 7. The van der Waals surface area contributed by atoms with Crippen LogP contribution >= 0.6 is 0 Å². The molecule has 1 N–H and O–H groups in total. The maximum atomic E-state index is 10.7. The third kappa shape index (κ3) is 3.14. The van der Waals surface area contributed by atoms with Crippen molar-refractivity contribution in [3.05, 3.63) is 45.6 Å². The number of nitro groups is 1. The van der Waals surface area contributed by atoms with E-state index >= 15 is 0 Å². The first-order valence-electron chi connectivity index (χ1n) is 6.30. The van der Waals surface area contributed by atoms with E-state index < -0.39 is 4.92 Å². The van der Waals surface area contributed by atoms with Crippen molar-refractivity contribution in [2.75, 3.05) is 5.32 Å². The van der Waals surface area contributed by atoms with Crippen LogP contribution in [0, 0.1) is 28.4 Å². The first-order chi connectivity index (χ1) is 10.0. The van der Waals surface area contributed by atoms with Crippen LogP contribution in [0.4, 0.5) is 11.4 Å². The van der Waals surface area contributed by atoms with E-state index in [4.69, 9.17) is 9.78 Å². The van der Waals surface area contributed by atoms with E-state index in [-0.39, 0.29) is 17.3 Å². The zero-order valence-electron chi connectivity index (χ0n) is 11.5. The summed E-state index contributed by atoms with van der Waals surface area (Å²) >= 11 is 0. The van der Waals surface area contributed by atoms with Crippen molar-refractivity contribution in [1.29, 1.82) is 5.26 Å². The first kappa shape index (κ1) is 14.5. The largest absolute Gasteiger partial charge is 0.374 e. The van der Waals surface area contributed by atoms with Gasteiger partial charge in [0.05, 0.1) is 22.2 Å². The molecule has 0 amide bonds. The molecule has 8 heteroatoms. The number of nitrogens with one attached hydrogen (secondary N) is 1. The van der Waals surface area contributed by atoms with Gasteiger partial charge >= 0.3 is 0 Å². The van der Waals surface area contributed by atoms with Crippen LogP contribution in [-0.2, 0) is 0 Å². The maximum absolute atomic E-state index is 10.7. The Morgan fingerprint density at radius 1 is 1.57 bits per heavy atom. The van der Waals surface area contributed by atoms with Crippen LogP contribution in [0.15, 0.2) is 22.7 Å². The summed E-state index contributed by atoms with van der Waals surface area (Å²) in [5.41, 5.74) is 0.570. The minimum Gasteiger partial charge on any atom is -0.374 e. The third-order valence-corrected chi connectivity index (χ3v) is 2.93. The Morgan fingerprint density at radius 3 is 2.86 bits per heavy atom. The molecule has 0 radical (unpaired) electrons. The normalized spacial score (nSPS) is 11.7. The van der Waals surface area contributed by atoms with E-state index in [0.717, 1.165) is 0 Å². The first-order valence-corrected chi connectivity index (χ1v) is 6.30. The van der Waals surface area contributed by atoms with Gasteiger partial charge in [-0.3, -0.25) is 10.1 Å². The fraction of sp³-hybridized carbons (Fsp3) is 0.308. The Bertz CT molecular complexity index is 704. The van der Waals surface area contributed by atoms with Gasteiger partial charge in [0.1, 0.15) is 6.07 Å². The Balaban J connectivity index is 2.29.